The Morgan fingerprint density at radius 3 is 2.25 bits per heavy atom. The van der Waals surface area contributed by atoms with Crippen molar-refractivity contribution in [3.8, 4) is 0 Å². The lowest BCUT2D eigenvalue weighted by Crippen LogP contribution is -2.26. The number of hydrogen-bond donors (Lipinski definition) is 0. The van der Waals surface area contributed by atoms with E-state index < -0.39 is 22.6 Å². The molecule has 0 aliphatic rings. The summed E-state index contributed by atoms with van der Waals surface area (Å²) >= 11 is 0. The zero-order valence-electron chi connectivity index (χ0n) is 16.2. The van der Waals surface area contributed by atoms with Crippen molar-refractivity contribution in [3.63, 3.8) is 0 Å². The number of hydrogen-bond acceptors (Lipinski definition) is 6. The van der Waals surface area contributed by atoms with Crippen LogP contribution in [0.1, 0.15) is 46.0 Å². The Hall–Kier alpha value is -2.55. The summed E-state index contributed by atoms with van der Waals surface area (Å²) in [6.07, 6.45) is 0. The predicted molar refractivity (Wildman–Crippen MR) is 104 cm³/mol. The normalized spacial score (nSPS) is 11.6. The van der Waals surface area contributed by atoms with Gasteiger partial charge >= 0.3 is 5.97 Å². The molecule has 0 spiro atoms. The van der Waals surface area contributed by atoms with Crippen molar-refractivity contribution in [3.05, 3.63) is 65.2 Å². The molecule has 150 valence electrons. The second-order valence-corrected chi connectivity index (χ2v) is 8.34. The highest BCUT2D eigenvalue weighted by Gasteiger charge is 2.22. The van der Waals surface area contributed by atoms with Gasteiger partial charge < -0.3 is 4.74 Å². The number of Topliss-reactive ketones (excluding diaryl/α,β-unsaturated/α-hetero) is 1. The van der Waals surface area contributed by atoms with Crippen molar-refractivity contribution in [2.75, 3.05) is 20.8 Å². The van der Waals surface area contributed by atoms with E-state index in [2.05, 4.69) is 13.8 Å². The van der Waals surface area contributed by atoms with Gasteiger partial charge in [-0.15, -0.1) is 0 Å². The molecule has 0 aromatic heterocycles. The van der Waals surface area contributed by atoms with Crippen LogP contribution < -0.4 is 0 Å². The number of esters is 1. The molecule has 0 fully saturated rings. The summed E-state index contributed by atoms with van der Waals surface area (Å²) in [5, 5.41) is 0. The monoisotopic (exact) mass is 405 g/mol. The van der Waals surface area contributed by atoms with Crippen LogP contribution in [-0.4, -0.2) is 45.4 Å². The van der Waals surface area contributed by atoms with Gasteiger partial charge in [-0.05, 0) is 29.7 Å². The summed E-state index contributed by atoms with van der Waals surface area (Å²) < 4.78 is 30.2. The molecule has 0 atom stereocenters. The number of ether oxygens (including phenoxy) is 1. The van der Waals surface area contributed by atoms with Crippen molar-refractivity contribution in [2.24, 2.45) is 0 Å². The highest BCUT2D eigenvalue weighted by molar-refractivity contribution is 7.89. The molecule has 0 saturated carbocycles. The van der Waals surface area contributed by atoms with Gasteiger partial charge in [0, 0.05) is 12.6 Å². The second-order valence-electron chi connectivity index (χ2n) is 6.40. The van der Waals surface area contributed by atoms with Crippen LogP contribution in [0.5, 0.6) is 0 Å². The topological polar surface area (TPSA) is 90.0 Å². The number of rotatable bonds is 8. The van der Waals surface area contributed by atoms with Crippen molar-refractivity contribution in [1.82, 2.24) is 4.47 Å². The van der Waals surface area contributed by atoms with Crippen LogP contribution in [-0.2, 0) is 19.6 Å². The van der Waals surface area contributed by atoms with Crippen LogP contribution in [0.25, 0.3) is 0 Å². The van der Waals surface area contributed by atoms with Crippen molar-refractivity contribution >= 4 is 21.8 Å². The van der Waals surface area contributed by atoms with E-state index in [1.54, 1.807) is 12.1 Å². The van der Waals surface area contributed by atoms with Crippen LogP contribution in [0, 0.1) is 0 Å². The quantitative estimate of drug-likeness (QED) is 0.381. The van der Waals surface area contributed by atoms with Crippen LogP contribution in [0.15, 0.2) is 53.4 Å². The highest BCUT2D eigenvalue weighted by Crippen LogP contribution is 2.17. The SMILES string of the molecule is CON(C)S(=O)(=O)c1cccc(C(=O)OCC(=O)c2ccc(C(C)C)cc2)c1. The fraction of sp³-hybridized carbons (Fsp3) is 0.300. The Balaban J connectivity index is 2.07. The van der Waals surface area contributed by atoms with E-state index in [9.17, 15) is 18.0 Å². The van der Waals surface area contributed by atoms with E-state index in [1.807, 2.05) is 12.1 Å². The molecule has 7 nitrogen and oxygen atoms in total. The van der Waals surface area contributed by atoms with E-state index in [0.29, 0.717) is 15.9 Å². The maximum absolute atomic E-state index is 12.3. The van der Waals surface area contributed by atoms with Crippen molar-refractivity contribution in [1.29, 1.82) is 0 Å². The molecule has 8 heteroatoms. The molecule has 0 radical (unpaired) electrons. The van der Waals surface area contributed by atoms with Gasteiger partial charge in [0.2, 0.25) is 0 Å². The number of nitrogens with zero attached hydrogens (tertiary/aromatic N) is 1. The second kappa shape index (κ2) is 9.09. The molecule has 0 heterocycles. The maximum atomic E-state index is 12.3. The summed E-state index contributed by atoms with van der Waals surface area (Å²) in [5.74, 6) is -0.779. The van der Waals surface area contributed by atoms with Crippen LogP contribution in [0.2, 0.25) is 0 Å². The van der Waals surface area contributed by atoms with E-state index >= 15 is 0 Å². The number of ketones is 1. The molecule has 0 N–H and O–H groups in total. The Morgan fingerprint density at radius 1 is 1.04 bits per heavy atom. The van der Waals surface area contributed by atoms with E-state index in [4.69, 9.17) is 9.57 Å². The fourth-order valence-electron chi connectivity index (χ4n) is 2.38. The third-order valence-corrected chi connectivity index (χ3v) is 5.87. The minimum absolute atomic E-state index is 0.0218. The number of benzene rings is 2. The Labute approximate surface area is 164 Å². The number of hydroxylamine groups is 1. The molecule has 0 aliphatic heterocycles. The molecule has 0 aliphatic carbocycles. The zero-order chi connectivity index (χ0) is 20.9. The fourth-order valence-corrected chi connectivity index (χ4v) is 3.40. The Kier molecular flexibility index (Phi) is 7.06. The van der Waals surface area contributed by atoms with Crippen molar-refractivity contribution < 1.29 is 27.6 Å². The first-order valence-corrected chi connectivity index (χ1v) is 10.0. The predicted octanol–water partition coefficient (Wildman–Crippen LogP) is 3.03. The first kappa shape index (κ1) is 21.7. The third kappa shape index (κ3) is 5.03. The Bertz CT molecular complexity index is 951. The van der Waals surface area contributed by atoms with Gasteiger partial charge in [0.15, 0.2) is 12.4 Å². The Morgan fingerprint density at radius 2 is 1.68 bits per heavy atom. The molecule has 0 amide bonds. The standard InChI is InChI=1S/C20H23NO6S/c1-14(2)15-8-10-16(11-9-15)19(22)13-27-20(23)17-6-5-7-18(12-17)28(24,25)21(3)26-4/h5-12,14H,13H2,1-4H3. The summed E-state index contributed by atoms with van der Waals surface area (Å²) in [6.45, 7) is 3.67. The smallest absolute Gasteiger partial charge is 0.338 e. The maximum Gasteiger partial charge on any atom is 0.338 e. The lowest BCUT2D eigenvalue weighted by atomic mass is 10.0. The third-order valence-electron chi connectivity index (χ3n) is 4.20. The first-order valence-electron chi connectivity index (χ1n) is 8.60. The molecule has 2 aromatic carbocycles. The number of sulfonamides is 1. The van der Waals surface area contributed by atoms with Crippen LogP contribution in [0.4, 0.5) is 0 Å². The summed E-state index contributed by atoms with van der Waals surface area (Å²) in [4.78, 5) is 29.0. The summed E-state index contributed by atoms with van der Waals surface area (Å²) in [6, 6.07) is 12.5. The van der Waals surface area contributed by atoms with Gasteiger partial charge in [0.1, 0.15) is 0 Å². The molecule has 0 saturated heterocycles. The highest BCUT2D eigenvalue weighted by atomic mass is 32.2. The van der Waals surface area contributed by atoms with E-state index in [-0.39, 0.29) is 16.2 Å². The molecule has 28 heavy (non-hydrogen) atoms. The van der Waals surface area contributed by atoms with Gasteiger partial charge in [0.05, 0.1) is 17.6 Å². The molecular formula is C20H23NO6S. The van der Waals surface area contributed by atoms with E-state index in [1.165, 1.54) is 38.4 Å². The lowest BCUT2D eigenvalue weighted by Gasteiger charge is -2.14. The average molecular weight is 405 g/mol. The molecule has 2 aromatic rings. The van der Waals surface area contributed by atoms with Crippen LogP contribution in [0.3, 0.4) is 0 Å². The van der Waals surface area contributed by atoms with Crippen molar-refractivity contribution in [2.45, 2.75) is 24.7 Å². The lowest BCUT2D eigenvalue weighted by molar-refractivity contribution is -0.0258. The number of carbonyl (C=O) groups excluding carboxylic acids is 2. The largest absolute Gasteiger partial charge is 0.454 e. The minimum atomic E-state index is -3.89. The number of carbonyl (C=O) groups is 2. The van der Waals surface area contributed by atoms with E-state index in [0.717, 1.165) is 5.56 Å². The molecule has 0 bridgehead atoms. The minimum Gasteiger partial charge on any atom is -0.454 e. The van der Waals surface area contributed by atoms with Crippen LogP contribution >= 0.6 is 0 Å². The van der Waals surface area contributed by atoms with Gasteiger partial charge in [0.25, 0.3) is 10.0 Å². The van der Waals surface area contributed by atoms with Gasteiger partial charge in [-0.1, -0.05) is 48.6 Å². The zero-order valence-corrected chi connectivity index (χ0v) is 17.0. The summed E-state index contributed by atoms with van der Waals surface area (Å²) in [5.41, 5.74) is 1.57. The molecule has 0 unspecified atom stereocenters. The first-order chi connectivity index (χ1) is 13.2. The summed E-state index contributed by atoms with van der Waals surface area (Å²) in [7, 11) is -1.44. The van der Waals surface area contributed by atoms with Gasteiger partial charge in [-0.25, -0.2) is 13.2 Å². The molecular weight excluding hydrogens is 382 g/mol. The average Bonchev–Trinajstić information content (AvgIpc) is 2.71. The molecule has 2 rings (SSSR count). The van der Waals surface area contributed by atoms with Gasteiger partial charge in [-0.2, -0.15) is 0 Å². The van der Waals surface area contributed by atoms with Gasteiger partial charge in [-0.3, -0.25) is 9.63 Å².